The SMILES string of the molecule is CCC(O)(CC)CNc1nc2cc(C)ccn2n1. The van der Waals surface area contributed by atoms with Crippen LogP contribution >= 0.6 is 0 Å². The summed E-state index contributed by atoms with van der Waals surface area (Å²) in [5.74, 6) is 0.556. The van der Waals surface area contributed by atoms with Gasteiger partial charge in [0.25, 0.3) is 0 Å². The largest absolute Gasteiger partial charge is 0.388 e. The van der Waals surface area contributed by atoms with Gasteiger partial charge in [-0.2, -0.15) is 4.98 Å². The molecule has 0 amide bonds. The van der Waals surface area contributed by atoms with Crippen LogP contribution in [0.1, 0.15) is 32.3 Å². The summed E-state index contributed by atoms with van der Waals surface area (Å²) in [6.07, 6.45) is 3.31. The molecule has 0 aromatic carbocycles. The monoisotopic (exact) mass is 248 g/mol. The van der Waals surface area contributed by atoms with E-state index in [4.69, 9.17) is 0 Å². The minimum atomic E-state index is -0.687. The zero-order chi connectivity index (χ0) is 13.2. The van der Waals surface area contributed by atoms with Crippen LogP contribution in [0.2, 0.25) is 0 Å². The molecule has 0 spiro atoms. The van der Waals surface area contributed by atoms with Crippen LogP contribution in [0.3, 0.4) is 0 Å². The molecule has 0 saturated carbocycles. The summed E-state index contributed by atoms with van der Waals surface area (Å²) < 4.78 is 1.73. The van der Waals surface area contributed by atoms with Gasteiger partial charge in [-0.05, 0) is 37.5 Å². The molecule has 0 radical (unpaired) electrons. The number of anilines is 1. The van der Waals surface area contributed by atoms with Crippen molar-refractivity contribution in [3.63, 3.8) is 0 Å². The number of aryl methyl sites for hydroxylation is 1. The van der Waals surface area contributed by atoms with E-state index in [9.17, 15) is 5.11 Å². The lowest BCUT2D eigenvalue weighted by molar-refractivity contribution is 0.0455. The number of rotatable bonds is 5. The molecule has 2 heterocycles. The molecule has 0 aliphatic carbocycles. The lowest BCUT2D eigenvalue weighted by atomic mass is 9.98. The number of nitrogens with one attached hydrogen (secondary N) is 1. The highest BCUT2D eigenvalue weighted by molar-refractivity contribution is 5.45. The van der Waals surface area contributed by atoms with Gasteiger partial charge in [0, 0.05) is 12.7 Å². The van der Waals surface area contributed by atoms with E-state index < -0.39 is 5.60 Å². The van der Waals surface area contributed by atoms with Gasteiger partial charge in [0.1, 0.15) is 0 Å². The Morgan fingerprint density at radius 3 is 2.78 bits per heavy atom. The Hall–Kier alpha value is -1.62. The Bertz CT molecular complexity index is 531. The van der Waals surface area contributed by atoms with Gasteiger partial charge in [0.05, 0.1) is 5.60 Å². The molecule has 0 fully saturated rings. The maximum absolute atomic E-state index is 10.2. The second kappa shape index (κ2) is 4.94. The number of pyridine rings is 1. The van der Waals surface area contributed by atoms with Crippen molar-refractivity contribution in [3.05, 3.63) is 23.9 Å². The van der Waals surface area contributed by atoms with E-state index in [1.54, 1.807) is 4.52 Å². The Balaban J connectivity index is 2.13. The molecule has 0 aliphatic rings. The van der Waals surface area contributed by atoms with Crippen LogP contribution in [0.4, 0.5) is 5.95 Å². The van der Waals surface area contributed by atoms with Crippen LogP contribution < -0.4 is 5.32 Å². The number of aromatic nitrogens is 3. The quantitative estimate of drug-likeness (QED) is 0.849. The molecule has 5 heteroatoms. The van der Waals surface area contributed by atoms with E-state index in [0.717, 1.165) is 11.2 Å². The molecule has 2 rings (SSSR count). The van der Waals surface area contributed by atoms with Gasteiger partial charge in [0.15, 0.2) is 5.65 Å². The van der Waals surface area contributed by atoms with Gasteiger partial charge in [-0.3, -0.25) is 0 Å². The van der Waals surface area contributed by atoms with E-state index in [0.29, 0.717) is 25.3 Å². The van der Waals surface area contributed by atoms with E-state index in [-0.39, 0.29) is 0 Å². The van der Waals surface area contributed by atoms with Crippen LogP contribution in [0.25, 0.3) is 5.65 Å². The third kappa shape index (κ3) is 2.61. The molecule has 5 nitrogen and oxygen atoms in total. The predicted molar refractivity (Wildman–Crippen MR) is 71.7 cm³/mol. The zero-order valence-corrected chi connectivity index (χ0v) is 11.1. The smallest absolute Gasteiger partial charge is 0.243 e. The summed E-state index contributed by atoms with van der Waals surface area (Å²) in [7, 11) is 0. The lowest BCUT2D eigenvalue weighted by Crippen LogP contribution is -2.35. The zero-order valence-electron chi connectivity index (χ0n) is 11.1. The Morgan fingerprint density at radius 2 is 2.11 bits per heavy atom. The van der Waals surface area contributed by atoms with E-state index in [1.165, 1.54) is 0 Å². The maximum Gasteiger partial charge on any atom is 0.243 e. The first-order chi connectivity index (χ1) is 8.56. The van der Waals surface area contributed by atoms with Crippen LogP contribution in [0.5, 0.6) is 0 Å². The minimum Gasteiger partial charge on any atom is -0.388 e. The molecule has 98 valence electrons. The second-order valence-electron chi connectivity index (χ2n) is 4.73. The fourth-order valence-corrected chi connectivity index (χ4v) is 1.80. The van der Waals surface area contributed by atoms with Gasteiger partial charge in [-0.15, -0.1) is 5.10 Å². The van der Waals surface area contributed by atoms with Crippen molar-refractivity contribution >= 4 is 11.6 Å². The Labute approximate surface area is 107 Å². The van der Waals surface area contributed by atoms with E-state index in [1.807, 2.05) is 39.1 Å². The van der Waals surface area contributed by atoms with E-state index >= 15 is 0 Å². The number of nitrogens with zero attached hydrogens (tertiary/aromatic N) is 3. The highest BCUT2D eigenvalue weighted by Gasteiger charge is 2.22. The number of hydrogen-bond acceptors (Lipinski definition) is 4. The molecule has 2 N–H and O–H groups in total. The highest BCUT2D eigenvalue weighted by atomic mass is 16.3. The van der Waals surface area contributed by atoms with Crippen LogP contribution in [-0.2, 0) is 0 Å². The molecular formula is C13H20N4O. The number of hydrogen-bond donors (Lipinski definition) is 2. The third-order valence-corrected chi connectivity index (χ3v) is 3.38. The summed E-state index contributed by atoms with van der Waals surface area (Å²) in [5, 5.41) is 17.6. The van der Waals surface area contributed by atoms with Gasteiger partial charge in [-0.1, -0.05) is 13.8 Å². The van der Waals surface area contributed by atoms with Crippen molar-refractivity contribution in [1.29, 1.82) is 0 Å². The number of aliphatic hydroxyl groups is 1. The van der Waals surface area contributed by atoms with Crippen molar-refractivity contribution in [1.82, 2.24) is 14.6 Å². The van der Waals surface area contributed by atoms with Gasteiger partial charge < -0.3 is 10.4 Å². The molecular weight excluding hydrogens is 228 g/mol. The van der Waals surface area contributed by atoms with Gasteiger partial charge in [0.2, 0.25) is 5.95 Å². The molecule has 2 aromatic heterocycles. The minimum absolute atomic E-state index is 0.468. The third-order valence-electron chi connectivity index (χ3n) is 3.38. The summed E-state index contributed by atoms with van der Waals surface area (Å²) in [6.45, 7) is 6.45. The first-order valence-electron chi connectivity index (χ1n) is 6.35. The van der Waals surface area contributed by atoms with Crippen molar-refractivity contribution in [3.8, 4) is 0 Å². The average molecular weight is 248 g/mol. The van der Waals surface area contributed by atoms with E-state index in [2.05, 4.69) is 15.4 Å². The Kier molecular flexibility index (Phi) is 3.52. The molecule has 0 saturated heterocycles. The molecule has 0 bridgehead atoms. The number of fused-ring (bicyclic) bond motifs is 1. The highest BCUT2D eigenvalue weighted by Crippen LogP contribution is 2.15. The lowest BCUT2D eigenvalue weighted by Gasteiger charge is -2.24. The maximum atomic E-state index is 10.2. The van der Waals surface area contributed by atoms with Crippen molar-refractivity contribution in [2.24, 2.45) is 0 Å². The molecule has 0 aliphatic heterocycles. The fraction of sp³-hybridized carbons (Fsp3) is 0.538. The standard InChI is InChI=1S/C13H20N4O/c1-4-13(18,5-2)9-14-12-15-11-8-10(3)6-7-17(11)16-12/h6-8,18H,4-5,9H2,1-3H3,(H,14,16). The average Bonchev–Trinajstić information content (AvgIpc) is 2.78. The molecule has 0 unspecified atom stereocenters. The molecule has 18 heavy (non-hydrogen) atoms. The summed E-state index contributed by atoms with van der Waals surface area (Å²) >= 11 is 0. The second-order valence-corrected chi connectivity index (χ2v) is 4.73. The van der Waals surface area contributed by atoms with Crippen molar-refractivity contribution in [2.45, 2.75) is 39.2 Å². The molecule has 2 aromatic rings. The van der Waals surface area contributed by atoms with Crippen molar-refractivity contribution in [2.75, 3.05) is 11.9 Å². The fourth-order valence-electron chi connectivity index (χ4n) is 1.80. The Morgan fingerprint density at radius 1 is 1.39 bits per heavy atom. The summed E-state index contributed by atoms with van der Waals surface area (Å²) in [4.78, 5) is 4.37. The first-order valence-corrected chi connectivity index (χ1v) is 6.35. The molecule has 0 atom stereocenters. The predicted octanol–water partition coefficient (Wildman–Crippen LogP) is 2.00. The first kappa shape index (κ1) is 12.8. The van der Waals surface area contributed by atoms with Crippen molar-refractivity contribution < 1.29 is 5.11 Å². The normalized spacial score (nSPS) is 12.0. The van der Waals surface area contributed by atoms with Crippen LogP contribution in [0, 0.1) is 6.92 Å². The topological polar surface area (TPSA) is 62.5 Å². The van der Waals surface area contributed by atoms with Gasteiger partial charge in [-0.25, -0.2) is 4.52 Å². The summed E-state index contributed by atoms with van der Waals surface area (Å²) in [5.41, 5.74) is 1.28. The summed E-state index contributed by atoms with van der Waals surface area (Å²) in [6, 6.07) is 3.96. The van der Waals surface area contributed by atoms with Crippen LogP contribution in [-0.4, -0.2) is 31.9 Å². The van der Waals surface area contributed by atoms with Gasteiger partial charge >= 0.3 is 0 Å². The van der Waals surface area contributed by atoms with Crippen LogP contribution in [0.15, 0.2) is 18.3 Å².